The zero-order chi connectivity index (χ0) is 20.0. The van der Waals surface area contributed by atoms with Gasteiger partial charge in [-0.3, -0.25) is 4.79 Å². The number of nitrogens with zero attached hydrogens (tertiary/aromatic N) is 1. The van der Waals surface area contributed by atoms with Gasteiger partial charge in [-0.05, 0) is 55.0 Å². The first kappa shape index (κ1) is 19.1. The van der Waals surface area contributed by atoms with E-state index in [1.165, 1.54) is 11.3 Å². The molecule has 0 spiro atoms. The number of hydrogen-bond donors (Lipinski definition) is 2. The van der Waals surface area contributed by atoms with Crippen LogP contribution >= 0.6 is 35.2 Å². The van der Waals surface area contributed by atoms with Gasteiger partial charge in [-0.1, -0.05) is 30.7 Å². The third-order valence-corrected chi connectivity index (χ3v) is 6.52. The Morgan fingerprint density at radius 1 is 1.36 bits per heavy atom. The molecule has 3 aromatic rings. The third-order valence-electron chi connectivity index (χ3n) is 4.92. The summed E-state index contributed by atoms with van der Waals surface area (Å²) in [5, 5.41) is 1.89. The lowest BCUT2D eigenvalue weighted by Crippen LogP contribution is -2.21. The van der Waals surface area contributed by atoms with Gasteiger partial charge in [-0.15, -0.1) is 11.3 Å². The Bertz CT molecular complexity index is 1200. The Morgan fingerprint density at radius 3 is 2.86 bits per heavy atom. The van der Waals surface area contributed by atoms with Crippen LogP contribution in [-0.4, -0.2) is 10.9 Å². The van der Waals surface area contributed by atoms with Crippen LogP contribution in [0.5, 0.6) is 0 Å². The molecule has 28 heavy (non-hydrogen) atoms. The highest BCUT2D eigenvalue weighted by Gasteiger charge is 2.26. The average molecular weight is 432 g/mol. The van der Waals surface area contributed by atoms with Crippen LogP contribution in [0.2, 0.25) is 5.02 Å². The van der Waals surface area contributed by atoms with E-state index < -0.39 is 5.91 Å². The molecule has 1 atom stereocenters. The number of nitrogens with two attached hydrogens (primary N) is 2. The van der Waals surface area contributed by atoms with Gasteiger partial charge >= 0.3 is 0 Å². The number of thiophene rings is 1. The number of hydrogen-bond acceptors (Lipinski definition) is 5. The van der Waals surface area contributed by atoms with Gasteiger partial charge in [0.25, 0.3) is 5.91 Å². The van der Waals surface area contributed by atoms with Crippen molar-refractivity contribution in [1.82, 2.24) is 0 Å². The van der Waals surface area contributed by atoms with Gasteiger partial charge < -0.3 is 15.9 Å². The summed E-state index contributed by atoms with van der Waals surface area (Å²) in [6.45, 7) is 2.21. The van der Waals surface area contributed by atoms with Crippen LogP contribution in [0.25, 0.3) is 11.0 Å². The first-order valence-corrected chi connectivity index (χ1v) is 10.5. The van der Waals surface area contributed by atoms with E-state index in [2.05, 4.69) is 11.9 Å². The van der Waals surface area contributed by atoms with E-state index in [9.17, 15) is 4.79 Å². The van der Waals surface area contributed by atoms with Crippen molar-refractivity contribution >= 4 is 62.0 Å². The largest absolute Gasteiger partial charge is 0.438 e. The van der Waals surface area contributed by atoms with Gasteiger partial charge in [0.2, 0.25) is 5.55 Å². The van der Waals surface area contributed by atoms with E-state index >= 15 is 0 Å². The molecule has 8 heteroatoms. The number of amides is 1. The van der Waals surface area contributed by atoms with E-state index in [1.54, 1.807) is 24.3 Å². The molecule has 0 fully saturated rings. The first-order valence-electron chi connectivity index (χ1n) is 8.85. The fraction of sp³-hybridized carbons (Fsp3) is 0.250. The van der Waals surface area contributed by atoms with Crippen molar-refractivity contribution < 1.29 is 9.21 Å². The summed E-state index contributed by atoms with van der Waals surface area (Å²) in [6.07, 6.45) is 2.78. The molecule has 1 amide bonds. The molecule has 0 bridgehead atoms. The Kier molecular flexibility index (Phi) is 4.99. The molecule has 2 heterocycles. The summed E-state index contributed by atoms with van der Waals surface area (Å²) < 4.78 is 5.96. The van der Waals surface area contributed by atoms with E-state index in [0.717, 1.165) is 35.1 Å². The Morgan fingerprint density at radius 2 is 2.14 bits per heavy atom. The Hall–Kier alpha value is -2.22. The number of carbonyl (C=O) groups excluding carboxylic acids is 1. The van der Waals surface area contributed by atoms with Crippen LogP contribution < -0.4 is 17.0 Å². The minimum atomic E-state index is -0.477. The summed E-state index contributed by atoms with van der Waals surface area (Å²) in [5.41, 5.74) is 14.4. The minimum Gasteiger partial charge on any atom is -0.438 e. The predicted molar refractivity (Wildman–Crippen MR) is 116 cm³/mol. The summed E-state index contributed by atoms with van der Waals surface area (Å²) in [4.78, 5) is 18.1. The molecule has 0 saturated carbocycles. The second kappa shape index (κ2) is 7.31. The monoisotopic (exact) mass is 431 g/mol. The van der Waals surface area contributed by atoms with E-state index in [1.807, 2.05) is 0 Å². The quantitative estimate of drug-likeness (QED) is 0.606. The topological polar surface area (TPSA) is 94.6 Å². The fourth-order valence-electron chi connectivity index (χ4n) is 3.52. The first-order chi connectivity index (χ1) is 13.3. The zero-order valence-corrected chi connectivity index (χ0v) is 17.5. The molecule has 1 aromatic carbocycles. The number of primary amides is 1. The molecule has 0 saturated heterocycles. The molecule has 1 aliphatic carbocycles. The van der Waals surface area contributed by atoms with Gasteiger partial charge in [0.15, 0.2) is 0 Å². The molecule has 4 N–H and O–H groups in total. The van der Waals surface area contributed by atoms with Gasteiger partial charge in [0.1, 0.15) is 15.6 Å². The van der Waals surface area contributed by atoms with Crippen molar-refractivity contribution in [2.75, 3.05) is 0 Å². The molecule has 1 unspecified atom stereocenters. The van der Waals surface area contributed by atoms with Crippen molar-refractivity contribution in [1.29, 1.82) is 0 Å². The molecular weight excluding hydrogens is 414 g/mol. The van der Waals surface area contributed by atoms with Gasteiger partial charge in [0.05, 0.1) is 11.1 Å². The van der Waals surface area contributed by atoms with Crippen LogP contribution in [0.4, 0.5) is 5.00 Å². The maximum absolute atomic E-state index is 12.2. The summed E-state index contributed by atoms with van der Waals surface area (Å²) >= 11 is 12.7. The van der Waals surface area contributed by atoms with Crippen molar-refractivity contribution in [3.8, 4) is 0 Å². The van der Waals surface area contributed by atoms with Crippen LogP contribution in [0.3, 0.4) is 0 Å². The smallest absolute Gasteiger partial charge is 0.252 e. The maximum atomic E-state index is 12.2. The third kappa shape index (κ3) is 3.45. The van der Waals surface area contributed by atoms with Gasteiger partial charge in [-0.25, -0.2) is 4.99 Å². The lowest BCUT2D eigenvalue weighted by atomic mass is 9.88. The van der Waals surface area contributed by atoms with E-state index in [0.29, 0.717) is 32.7 Å². The molecule has 1 aliphatic rings. The second-order valence-corrected chi connectivity index (χ2v) is 8.98. The maximum Gasteiger partial charge on any atom is 0.252 e. The van der Waals surface area contributed by atoms with Crippen LogP contribution in [0, 0.1) is 5.92 Å². The van der Waals surface area contributed by atoms with Gasteiger partial charge in [-0.2, -0.15) is 0 Å². The molecular formula is C20H18ClN3O2S2. The highest BCUT2D eigenvalue weighted by molar-refractivity contribution is 7.80. The highest BCUT2D eigenvalue weighted by Crippen LogP contribution is 2.40. The lowest BCUT2D eigenvalue weighted by molar-refractivity contribution is 0.1000. The SMILES string of the molecule is CC1CCc2c(sc(/N=c3\oc4ccc(Cl)cc4cc3C(N)=S)c2C(N)=O)C1. The van der Waals surface area contributed by atoms with E-state index in [-0.39, 0.29) is 10.5 Å². The molecule has 5 nitrogen and oxygen atoms in total. The number of carbonyl (C=O) groups is 1. The number of fused-ring (bicyclic) bond motifs is 2. The van der Waals surface area contributed by atoms with Crippen molar-refractivity contribution in [2.24, 2.45) is 22.4 Å². The Balaban J connectivity index is 1.97. The van der Waals surface area contributed by atoms with Crippen molar-refractivity contribution in [2.45, 2.75) is 26.2 Å². The second-order valence-electron chi connectivity index (χ2n) is 7.02. The van der Waals surface area contributed by atoms with Crippen molar-refractivity contribution in [3.05, 3.63) is 56.4 Å². The molecule has 0 aliphatic heterocycles. The number of thiocarbonyl (C=S) groups is 1. The zero-order valence-electron chi connectivity index (χ0n) is 15.1. The number of rotatable bonds is 3. The highest BCUT2D eigenvalue weighted by atomic mass is 35.5. The lowest BCUT2D eigenvalue weighted by Gasteiger charge is -2.18. The summed E-state index contributed by atoms with van der Waals surface area (Å²) in [6, 6.07) is 7.06. The summed E-state index contributed by atoms with van der Waals surface area (Å²) in [7, 11) is 0. The van der Waals surface area contributed by atoms with Crippen LogP contribution in [0.1, 0.15) is 39.7 Å². The summed E-state index contributed by atoms with van der Waals surface area (Å²) in [5.74, 6) is 0.0947. The van der Waals surface area contributed by atoms with Crippen LogP contribution in [0.15, 0.2) is 33.7 Å². The number of halogens is 1. The predicted octanol–water partition coefficient (Wildman–Crippen LogP) is 4.24. The van der Waals surface area contributed by atoms with Crippen LogP contribution in [-0.2, 0) is 12.8 Å². The molecule has 144 valence electrons. The molecule has 4 rings (SSSR count). The molecule has 2 aromatic heterocycles. The normalized spacial score (nSPS) is 16.9. The number of benzene rings is 1. The van der Waals surface area contributed by atoms with Gasteiger partial charge in [0, 0.05) is 15.3 Å². The standard InChI is InChI=1S/C20H18ClN3O2S2/c1-9-2-4-12-15(6-9)28-20(16(12)17(22)25)24-19-13(18(23)27)8-10-7-11(21)3-5-14(10)26-19/h3,5,7-9H,2,4,6H2,1H3,(H2,22,25)(H2,23,27)/b24-19-. The Labute approximate surface area is 176 Å². The fourth-order valence-corrected chi connectivity index (χ4v) is 5.23. The van der Waals surface area contributed by atoms with Crippen molar-refractivity contribution in [3.63, 3.8) is 0 Å². The molecule has 0 radical (unpaired) electrons. The minimum absolute atomic E-state index is 0.153. The van der Waals surface area contributed by atoms with E-state index in [4.69, 9.17) is 39.7 Å². The average Bonchev–Trinajstić information content (AvgIpc) is 2.98.